The lowest BCUT2D eigenvalue weighted by Crippen LogP contribution is -2.42. The number of carbonyl (C=O) groups excluding carboxylic acids is 2. The van der Waals surface area contributed by atoms with E-state index in [1.54, 1.807) is 47.3 Å². The summed E-state index contributed by atoms with van der Waals surface area (Å²) >= 11 is 6.03. The number of nitrogens with zero attached hydrogens (tertiary/aromatic N) is 2. The van der Waals surface area contributed by atoms with Gasteiger partial charge in [-0.25, -0.2) is 27.7 Å². The van der Waals surface area contributed by atoms with Crippen LogP contribution in [0.15, 0.2) is 96.2 Å². The minimum absolute atomic E-state index is 0.00526. The molecule has 0 saturated carbocycles. The van der Waals surface area contributed by atoms with Crippen LogP contribution in [0.1, 0.15) is 17.4 Å². The molecule has 4 rings (SSSR count). The summed E-state index contributed by atoms with van der Waals surface area (Å²) in [6.45, 7) is 0. The minimum Gasteiger partial charge on any atom is -0.453 e. The molecule has 3 aromatic carbocycles. The molecule has 196 valence electrons. The third-order valence-electron chi connectivity index (χ3n) is 5.50. The number of aromatic nitrogens is 2. The van der Waals surface area contributed by atoms with E-state index in [9.17, 15) is 18.0 Å². The zero-order valence-electron chi connectivity index (χ0n) is 20.2. The van der Waals surface area contributed by atoms with Gasteiger partial charge in [0.05, 0.1) is 18.2 Å². The summed E-state index contributed by atoms with van der Waals surface area (Å²) < 4.78 is 34.0. The summed E-state index contributed by atoms with van der Waals surface area (Å²) in [4.78, 5) is 28.7. The van der Waals surface area contributed by atoms with Crippen LogP contribution in [0.5, 0.6) is 0 Å². The number of rotatable bonds is 8. The number of benzene rings is 3. The van der Waals surface area contributed by atoms with Crippen molar-refractivity contribution in [2.24, 2.45) is 0 Å². The van der Waals surface area contributed by atoms with Crippen molar-refractivity contribution in [3.8, 4) is 5.69 Å². The maximum Gasteiger partial charge on any atom is 0.411 e. The first kappa shape index (κ1) is 26.7. The van der Waals surface area contributed by atoms with Crippen LogP contribution in [-0.2, 0) is 21.2 Å². The van der Waals surface area contributed by atoms with Crippen LogP contribution in [0.25, 0.3) is 5.69 Å². The van der Waals surface area contributed by atoms with Gasteiger partial charge >= 0.3 is 12.1 Å². The Morgan fingerprint density at radius 3 is 2.37 bits per heavy atom. The van der Waals surface area contributed by atoms with E-state index in [-0.39, 0.29) is 9.92 Å². The number of nitrogens with one attached hydrogen (secondary N) is 3. The first-order valence-corrected chi connectivity index (χ1v) is 13.2. The van der Waals surface area contributed by atoms with Crippen LogP contribution < -0.4 is 15.4 Å². The van der Waals surface area contributed by atoms with Crippen molar-refractivity contribution in [2.75, 3.05) is 12.4 Å². The van der Waals surface area contributed by atoms with Crippen molar-refractivity contribution in [3.05, 3.63) is 108 Å². The van der Waals surface area contributed by atoms with Gasteiger partial charge in [0.25, 0.3) is 10.0 Å². The Kier molecular flexibility index (Phi) is 8.29. The maximum absolute atomic E-state index is 12.9. The average Bonchev–Trinajstić information content (AvgIpc) is 3.39. The van der Waals surface area contributed by atoms with Crippen LogP contribution >= 0.6 is 11.6 Å². The molecule has 1 atom stereocenters. The van der Waals surface area contributed by atoms with E-state index in [4.69, 9.17) is 11.6 Å². The highest BCUT2D eigenvalue weighted by Gasteiger charge is 2.25. The summed E-state index contributed by atoms with van der Waals surface area (Å²) in [6, 6.07) is 20.5. The molecular formula is C26H24ClN5O5S. The van der Waals surface area contributed by atoms with Gasteiger partial charge in [0.1, 0.15) is 10.7 Å². The first-order chi connectivity index (χ1) is 18.3. The molecule has 3 amide bonds. The average molecular weight is 554 g/mol. The molecule has 10 nitrogen and oxygen atoms in total. The molecular weight excluding hydrogens is 530 g/mol. The number of methoxy groups -OCH3 is 1. The van der Waals surface area contributed by atoms with E-state index >= 15 is 0 Å². The van der Waals surface area contributed by atoms with Crippen molar-refractivity contribution >= 4 is 39.4 Å². The molecule has 0 aliphatic rings. The van der Waals surface area contributed by atoms with Gasteiger partial charge in [-0.2, -0.15) is 0 Å². The van der Waals surface area contributed by atoms with Crippen LogP contribution in [0.2, 0.25) is 5.02 Å². The van der Waals surface area contributed by atoms with Crippen molar-refractivity contribution < 1.29 is 22.7 Å². The normalized spacial score (nSPS) is 11.8. The second kappa shape index (κ2) is 11.8. The molecule has 0 aliphatic heterocycles. The van der Waals surface area contributed by atoms with Gasteiger partial charge < -0.3 is 14.6 Å². The molecule has 0 fully saturated rings. The SMILES string of the molecule is COC(=O)Nc1ccc(-n2ccnc2[C@H](Cc2ccccc2)NC(=O)NS(=O)(=O)c2ccccc2Cl)cc1. The number of hydrogen-bond acceptors (Lipinski definition) is 6. The molecule has 1 heterocycles. The zero-order chi connectivity index (χ0) is 27.1. The summed E-state index contributed by atoms with van der Waals surface area (Å²) in [5.74, 6) is 0.466. The Bertz CT molecular complexity index is 1530. The molecule has 38 heavy (non-hydrogen) atoms. The Labute approximate surface area is 224 Å². The van der Waals surface area contributed by atoms with Gasteiger partial charge in [-0.05, 0) is 48.4 Å². The highest BCUT2D eigenvalue weighted by Crippen LogP contribution is 2.23. The Morgan fingerprint density at radius 2 is 1.68 bits per heavy atom. The summed E-state index contributed by atoms with van der Waals surface area (Å²) in [7, 11) is -2.95. The quantitative estimate of drug-likeness (QED) is 0.290. The fourth-order valence-corrected chi connectivity index (χ4v) is 5.19. The van der Waals surface area contributed by atoms with Crippen LogP contribution in [-0.4, -0.2) is 37.2 Å². The van der Waals surface area contributed by atoms with E-state index in [0.29, 0.717) is 23.6 Å². The number of sulfonamides is 1. The number of halogens is 1. The van der Waals surface area contributed by atoms with Crippen molar-refractivity contribution in [1.82, 2.24) is 19.6 Å². The second-order valence-electron chi connectivity index (χ2n) is 8.07. The van der Waals surface area contributed by atoms with Crippen LogP contribution in [0.4, 0.5) is 15.3 Å². The molecule has 0 aliphatic carbocycles. The largest absolute Gasteiger partial charge is 0.453 e. The van der Waals surface area contributed by atoms with Gasteiger partial charge in [0.15, 0.2) is 0 Å². The van der Waals surface area contributed by atoms with Crippen molar-refractivity contribution in [2.45, 2.75) is 17.4 Å². The van der Waals surface area contributed by atoms with E-state index < -0.39 is 28.2 Å². The lowest BCUT2D eigenvalue weighted by molar-refractivity contribution is 0.187. The smallest absolute Gasteiger partial charge is 0.411 e. The summed E-state index contributed by atoms with van der Waals surface area (Å²) in [5, 5.41) is 5.32. The summed E-state index contributed by atoms with van der Waals surface area (Å²) in [5.41, 5.74) is 2.14. The molecule has 1 aromatic heterocycles. The highest BCUT2D eigenvalue weighted by molar-refractivity contribution is 7.90. The number of urea groups is 1. The van der Waals surface area contributed by atoms with Gasteiger partial charge in [0.2, 0.25) is 0 Å². The van der Waals surface area contributed by atoms with Gasteiger partial charge in [0, 0.05) is 23.8 Å². The standard InChI is InChI=1S/C26H24ClN5O5S/c1-37-26(34)29-19-11-13-20(14-12-19)32-16-15-28-24(32)22(17-18-7-3-2-4-8-18)30-25(33)31-38(35,36)23-10-6-5-9-21(23)27/h2-16,22H,17H2,1H3,(H,29,34)(H2,30,31,33)/t22-/m0/s1. The number of carbonyl (C=O) groups is 2. The second-order valence-corrected chi connectivity index (χ2v) is 10.1. The molecule has 0 radical (unpaired) electrons. The van der Waals surface area contributed by atoms with Crippen molar-refractivity contribution in [1.29, 1.82) is 0 Å². The number of imidazole rings is 1. The van der Waals surface area contributed by atoms with Crippen LogP contribution in [0, 0.1) is 0 Å². The molecule has 0 unspecified atom stereocenters. The fraction of sp³-hybridized carbons (Fsp3) is 0.115. The van der Waals surface area contributed by atoms with Gasteiger partial charge in [-0.15, -0.1) is 0 Å². The Morgan fingerprint density at radius 1 is 1.00 bits per heavy atom. The number of anilines is 1. The third-order valence-corrected chi connectivity index (χ3v) is 7.33. The lowest BCUT2D eigenvalue weighted by Gasteiger charge is -2.21. The van der Waals surface area contributed by atoms with Gasteiger partial charge in [-0.3, -0.25) is 5.32 Å². The maximum atomic E-state index is 12.9. The van der Waals surface area contributed by atoms with Crippen molar-refractivity contribution in [3.63, 3.8) is 0 Å². The fourth-order valence-electron chi connectivity index (χ4n) is 3.75. The van der Waals surface area contributed by atoms with E-state index in [2.05, 4.69) is 20.4 Å². The highest BCUT2D eigenvalue weighted by atomic mass is 35.5. The van der Waals surface area contributed by atoms with E-state index in [0.717, 1.165) is 5.56 Å². The predicted octanol–water partition coefficient (Wildman–Crippen LogP) is 4.68. The molecule has 0 saturated heterocycles. The third kappa shape index (κ3) is 6.50. The first-order valence-electron chi connectivity index (χ1n) is 11.4. The van der Waals surface area contributed by atoms with Gasteiger partial charge in [-0.1, -0.05) is 54.1 Å². The molecule has 0 spiro atoms. The minimum atomic E-state index is -4.22. The number of hydrogen-bond donors (Lipinski definition) is 3. The Hall–Kier alpha value is -4.35. The summed E-state index contributed by atoms with van der Waals surface area (Å²) in [6.07, 6.45) is 3.04. The van der Waals surface area contributed by atoms with Crippen LogP contribution in [0.3, 0.4) is 0 Å². The lowest BCUT2D eigenvalue weighted by atomic mass is 10.1. The van der Waals surface area contributed by atoms with E-state index in [1.807, 2.05) is 35.1 Å². The predicted molar refractivity (Wildman–Crippen MR) is 143 cm³/mol. The monoisotopic (exact) mass is 553 g/mol. The van der Waals surface area contributed by atoms with E-state index in [1.165, 1.54) is 25.3 Å². The topological polar surface area (TPSA) is 131 Å². The molecule has 3 N–H and O–H groups in total. The number of amides is 3. The Balaban J connectivity index is 1.61. The number of ether oxygens (including phenoxy) is 1. The molecule has 12 heteroatoms. The molecule has 0 bridgehead atoms. The molecule has 4 aromatic rings. The zero-order valence-corrected chi connectivity index (χ0v) is 21.7.